The summed E-state index contributed by atoms with van der Waals surface area (Å²) >= 11 is 1.76. The van der Waals surface area contributed by atoms with Gasteiger partial charge in [-0.05, 0) is 42.4 Å². The summed E-state index contributed by atoms with van der Waals surface area (Å²) in [6, 6.07) is 8.69. The monoisotopic (exact) mass is 473 g/mol. The molecule has 0 radical (unpaired) electrons. The fourth-order valence-electron chi connectivity index (χ4n) is 2.56. The van der Waals surface area contributed by atoms with Gasteiger partial charge in [0.25, 0.3) is 0 Å². The lowest BCUT2D eigenvalue weighted by Gasteiger charge is -2.22. The van der Waals surface area contributed by atoms with Crippen LogP contribution in [0.15, 0.2) is 46.5 Å². The number of aryl methyl sites for hydroxylation is 2. The maximum atomic E-state index is 4.38. The molecule has 138 valence electrons. The maximum Gasteiger partial charge on any atom is 0.193 e. The molecule has 1 N–H and O–H groups in total. The normalized spacial score (nSPS) is 11.1. The van der Waals surface area contributed by atoms with E-state index in [1.807, 2.05) is 25.0 Å². The molecule has 0 aliphatic carbocycles. The van der Waals surface area contributed by atoms with Crippen LogP contribution in [0.4, 0.5) is 0 Å². The molecule has 1 aromatic carbocycles. The number of thioether (sulfide) groups is 1. The molecule has 0 unspecified atom stereocenters. The highest BCUT2D eigenvalue weighted by molar-refractivity contribution is 14.0. The van der Waals surface area contributed by atoms with E-state index in [1.54, 1.807) is 11.8 Å². The van der Waals surface area contributed by atoms with Crippen molar-refractivity contribution in [2.24, 2.45) is 12.0 Å². The molecular weight excluding hydrogens is 445 g/mol. The molecule has 0 spiro atoms. The lowest BCUT2D eigenvalue weighted by molar-refractivity contribution is 0.475. The zero-order chi connectivity index (χ0) is 17.4. The maximum absolute atomic E-state index is 4.38. The van der Waals surface area contributed by atoms with Crippen molar-refractivity contribution < 1.29 is 0 Å². The molecule has 0 atom stereocenters. The van der Waals surface area contributed by atoms with Gasteiger partial charge in [0.2, 0.25) is 0 Å². The summed E-state index contributed by atoms with van der Waals surface area (Å²) in [5, 5.41) is 7.63. The van der Waals surface area contributed by atoms with Gasteiger partial charge >= 0.3 is 0 Å². The van der Waals surface area contributed by atoms with Gasteiger partial charge < -0.3 is 10.2 Å². The first-order valence-electron chi connectivity index (χ1n) is 8.14. The van der Waals surface area contributed by atoms with E-state index in [0.717, 1.165) is 31.9 Å². The first-order valence-corrected chi connectivity index (χ1v) is 9.37. The Bertz CT molecular complexity index is 654. The van der Waals surface area contributed by atoms with Gasteiger partial charge in [-0.3, -0.25) is 9.67 Å². The standard InChI is InChI=1S/C18H27N5S.HI/c1-19-18(20-11-5-6-16-12-21-23(3)14-16)22(2)13-15-7-9-17(24-4)10-8-15;/h7-10,12,14H,5-6,11,13H2,1-4H3,(H,19,20);1H. The number of nitrogens with zero attached hydrogens (tertiary/aromatic N) is 4. The zero-order valence-corrected chi connectivity index (χ0v) is 18.5. The quantitative estimate of drug-likeness (QED) is 0.220. The lowest BCUT2D eigenvalue weighted by atomic mass is 10.2. The fourth-order valence-corrected chi connectivity index (χ4v) is 2.97. The third-order valence-electron chi connectivity index (χ3n) is 3.84. The summed E-state index contributed by atoms with van der Waals surface area (Å²) in [6.45, 7) is 1.74. The average Bonchev–Trinajstić information content (AvgIpc) is 3.01. The number of benzene rings is 1. The summed E-state index contributed by atoms with van der Waals surface area (Å²) in [5.41, 5.74) is 2.56. The number of hydrogen-bond acceptors (Lipinski definition) is 3. The van der Waals surface area contributed by atoms with E-state index in [-0.39, 0.29) is 24.0 Å². The van der Waals surface area contributed by atoms with Gasteiger partial charge in [0.05, 0.1) is 6.20 Å². The molecule has 25 heavy (non-hydrogen) atoms. The van der Waals surface area contributed by atoms with E-state index in [0.29, 0.717) is 0 Å². The van der Waals surface area contributed by atoms with Gasteiger partial charge in [0.1, 0.15) is 0 Å². The van der Waals surface area contributed by atoms with Gasteiger partial charge in [-0.2, -0.15) is 5.10 Å². The molecule has 0 saturated carbocycles. The van der Waals surface area contributed by atoms with E-state index in [2.05, 4.69) is 64.1 Å². The predicted molar refractivity (Wildman–Crippen MR) is 118 cm³/mol. The highest BCUT2D eigenvalue weighted by Gasteiger charge is 2.06. The van der Waals surface area contributed by atoms with Crippen LogP contribution in [-0.4, -0.2) is 47.5 Å². The van der Waals surface area contributed by atoms with Crippen molar-refractivity contribution in [1.29, 1.82) is 0 Å². The summed E-state index contributed by atoms with van der Waals surface area (Å²) < 4.78 is 1.85. The van der Waals surface area contributed by atoms with Crippen LogP contribution in [0.5, 0.6) is 0 Å². The topological polar surface area (TPSA) is 45.5 Å². The van der Waals surface area contributed by atoms with Gasteiger partial charge in [-0.1, -0.05) is 12.1 Å². The molecule has 2 rings (SSSR count). The highest BCUT2D eigenvalue weighted by atomic mass is 127. The van der Waals surface area contributed by atoms with E-state index >= 15 is 0 Å². The molecule has 7 heteroatoms. The molecule has 0 amide bonds. The first-order chi connectivity index (χ1) is 11.6. The van der Waals surface area contributed by atoms with Crippen molar-refractivity contribution in [3.63, 3.8) is 0 Å². The SMILES string of the molecule is CN=C(NCCCc1cnn(C)c1)N(C)Cc1ccc(SC)cc1.I. The van der Waals surface area contributed by atoms with Gasteiger partial charge in [-0.25, -0.2) is 0 Å². The summed E-state index contributed by atoms with van der Waals surface area (Å²) in [5.74, 6) is 0.926. The molecule has 0 aliphatic rings. The Morgan fingerprint density at radius 1 is 1.28 bits per heavy atom. The Kier molecular flexibility index (Phi) is 9.96. The Morgan fingerprint density at radius 2 is 2.00 bits per heavy atom. The first kappa shape index (κ1) is 21.8. The molecule has 1 aromatic heterocycles. The second kappa shape index (κ2) is 11.4. The number of aromatic nitrogens is 2. The Balaban J connectivity index is 0.00000312. The lowest BCUT2D eigenvalue weighted by Crippen LogP contribution is -2.39. The molecule has 5 nitrogen and oxygen atoms in total. The number of rotatable bonds is 7. The van der Waals surface area contributed by atoms with E-state index in [1.165, 1.54) is 16.0 Å². The molecule has 0 fully saturated rings. The smallest absolute Gasteiger partial charge is 0.193 e. The van der Waals surface area contributed by atoms with Crippen LogP contribution in [0.3, 0.4) is 0 Å². The second-order valence-corrected chi connectivity index (χ2v) is 6.68. The van der Waals surface area contributed by atoms with E-state index in [4.69, 9.17) is 0 Å². The van der Waals surface area contributed by atoms with Crippen LogP contribution >= 0.6 is 35.7 Å². The molecule has 0 aliphatic heterocycles. The van der Waals surface area contributed by atoms with Crippen LogP contribution < -0.4 is 5.32 Å². The van der Waals surface area contributed by atoms with Crippen molar-refractivity contribution in [3.8, 4) is 0 Å². The van der Waals surface area contributed by atoms with Crippen molar-refractivity contribution in [2.45, 2.75) is 24.3 Å². The minimum atomic E-state index is 0. The highest BCUT2D eigenvalue weighted by Crippen LogP contribution is 2.15. The number of guanidine groups is 1. The van der Waals surface area contributed by atoms with Crippen LogP contribution in [0.1, 0.15) is 17.5 Å². The third-order valence-corrected chi connectivity index (χ3v) is 4.58. The Hall–Kier alpha value is -1.22. The number of aliphatic imine (C=N–C) groups is 1. The Morgan fingerprint density at radius 3 is 2.56 bits per heavy atom. The number of hydrogen-bond donors (Lipinski definition) is 1. The van der Waals surface area contributed by atoms with E-state index in [9.17, 15) is 0 Å². The minimum absolute atomic E-state index is 0. The van der Waals surface area contributed by atoms with Crippen molar-refractivity contribution in [3.05, 3.63) is 47.8 Å². The summed E-state index contributed by atoms with van der Waals surface area (Å²) in [4.78, 5) is 7.82. The third kappa shape index (κ3) is 7.27. The molecule has 1 heterocycles. The zero-order valence-electron chi connectivity index (χ0n) is 15.4. The number of nitrogens with one attached hydrogen (secondary N) is 1. The number of halogens is 1. The van der Waals surface area contributed by atoms with E-state index < -0.39 is 0 Å². The molecule has 2 aromatic rings. The van der Waals surface area contributed by atoms with Gasteiger partial charge in [0.15, 0.2) is 5.96 Å². The summed E-state index contributed by atoms with van der Waals surface area (Å²) in [7, 11) is 5.85. The summed E-state index contributed by atoms with van der Waals surface area (Å²) in [6.07, 6.45) is 8.18. The molecule has 0 bridgehead atoms. The average molecular weight is 473 g/mol. The molecule has 0 saturated heterocycles. The van der Waals surface area contributed by atoms with Gasteiger partial charge in [0, 0.05) is 45.3 Å². The predicted octanol–water partition coefficient (Wildman–Crippen LogP) is 3.40. The minimum Gasteiger partial charge on any atom is -0.356 e. The van der Waals surface area contributed by atoms with Crippen molar-refractivity contribution >= 4 is 41.7 Å². The fraction of sp³-hybridized carbons (Fsp3) is 0.444. The van der Waals surface area contributed by atoms with Crippen LogP contribution in [0.2, 0.25) is 0 Å². The largest absolute Gasteiger partial charge is 0.356 e. The van der Waals surface area contributed by atoms with Gasteiger partial charge in [-0.15, -0.1) is 35.7 Å². The second-order valence-electron chi connectivity index (χ2n) is 5.80. The molecular formula is C18H28IN5S. The van der Waals surface area contributed by atoms with Crippen LogP contribution in [0.25, 0.3) is 0 Å². The van der Waals surface area contributed by atoms with Crippen molar-refractivity contribution in [2.75, 3.05) is 26.9 Å². The van der Waals surface area contributed by atoms with Crippen LogP contribution in [-0.2, 0) is 20.0 Å². The van der Waals surface area contributed by atoms with Crippen LogP contribution in [0, 0.1) is 0 Å². The van der Waals surface area contributed by atoms with Crippen molar-refractivity contribution in [1.82, 2.24) is 20.0 Å². The Labute approximate surface area is 172 Å².